The topological polar surface area (TPSA) is 43.4 Å². The van der Waals surface area contributed by atoms with Crippen molar-refractivity contribution in [3.8, 4) is 0 Å². The van der Waals surface area contributed by atoms with E-state index in [1.807, 2.05) is 6.08 Å². The molecule has 0 aromatic rings. The van der Waals surface area contributed by atoms with Gasteiger partial charge in [-0.3, -0.25) is 0 Å². The molecule has 0 fully saturated rings. The number of carbonyl (C=O) groups excluding carboxylic acids is 2. The van der Waals surface area contributed by atoms with Gasteiger partial charge in [0.05, 0.1) is 6.61 Å². The number of carbonyl (C=O) groups is 2. The van der Waals surface area contributed by atoms with Crippen LogP contribution in [0.2, 0.25) is 0 Å². The van der Waals surface area contributed by atoms with Gasteiger partial charge in [0.15, 0.2) is 0 Å². The Morgan fingerprint density at radius 2 is 1.59 bits per heavy atom. The fourth-order valence-corrected chi connectivity index (χ4v) is 1.57. The molecule has 17 heavy (non-hydrogen) atoms. The van der Waals surface area contributed by atoms with Crippen LogP contribution in [0.4, 0.5) is 0 Å². The molecule has 0 unspecified atom stereocenters. The molecule has 0 N–H and O–H groups in total. The van der Waals surface area contributed by atoms with Crippen molar-refractivity contribution < 1.29 is 14.3 Å². The molecule has 0 atom stereocenters. The van der Waals surface area contributed by atoms with Crippen LogP contribution in [0.25, 0.3) is 0 Å². The molecule has 0 aliphatic carbocycles. The van der Waals surface area contributed by atoms with Crippen molar-refractivity contribution in [2.24, 2.45) is 0 Å². The van der Waals surface area contributed by atoms with Crippen LogP contribution in [0.1, 0.15) is 58.3 Å². The van der Waals surface area contributed by atoms with Gasteiger partial charge in [-0.25, -0.2) is 4.79 Å². The van der Waals surface area contributed by atoms with Gasteiger partial charge >= 0.3 is 5.97 Å². The van der Waals surface area contributed by atoms with Crippen molar-refractivity contribution in [3.63, 3.8) is 0 Å². The van der Waals surface area contributed by atoms with Gasteiger partial charge in [-0.05, 0) is 26.2 Å². The van der Waals surface area contributed by atoms with Crippen molar-refractivity contribution >= 4 is 12.3 Å². The lowest BCUT2D eigenvalue weighted by atomic mass is 10.1. The van der Waals surface area contributed by atoms with E-state index in [0.29, 0.717) is 13.0 Å². The SMILES string of the molecule is CCOC(=O)/C=C/CCCCCCCCC=O. The maximum atomic E-state index is 10.9. The highest BCUT2D eigenvalue weighted by Crippen LogP contribution is 2.08. The second-order valence-electron chi connectivity index (χ2n) is 4.02. The van der Waals surface area contributed by atoms with E-state index >= 15 is 0 Å². The van der Waals surface area contributed by atoms with Crippen molar-refractivity contribution in [3.05, 3.63) is 12.2 Å². The predicted molar refractivity (Wildman–Crippen MR) is 68.8 cm³/mol. The van der Waals surface area contributed by atoms with Crippen molar-refractivity contribution in [2.75, 3.05) is 6.61 Å². The number of unbranched alkanes of at least 4 members (excludes halogenated alkanes) is 7. The summed E-state index contributed by atoms with van der Waals surface area (Å²) in [6.45, 7) is 2.24. The molecule has 0 saturated heterocycles. The third-order valence-corrected chi connectivity index (χ3v) is 2.48. The molecule has 0 aromatic carbocycles. The molecule has 0 spiro atoms. The minimum atomic E-state index is -0.249. The monoisotopic (exact) mass is 240 g/mol. The summed E-state index contributed by atoms with van der Waals surface area (Å²) in [6.07, 6.45) is 12.9. The van der Waals surface area contributed by atoms with Gasteiger partial charge in [-0.1, -0.05) is 31.8 Å². The first-order valence-corrected chi connectivity index (χ1v) is 6.58. The molecule has 98 valence electrons. The van der Waals surface area contributed by atoms with Crippen LogP contribution in [0, 0.1) is 0 Å². The molecular weight excluding hydrogens is 216 g/mol. The van der Waals surface area contributed by atoms with E-state index in [1.165, 1.54) is 25.3 Å². The Hall–Kier alpha value is -1.12. The second-order valence-corrected chi connectivity index (χ2v) is 4.02. The van der Waals surface area contributed by atoms with Crippen LogP contribution in [0.15, 0.2) is 12.2 Å². The number of hydrogen-bond acceptors (Lipinski definition) is 3. The second kappa shape index (κ2) is 12.9. The normalized spacial score (nSPS) is 10.6. The fraction of sp³-hybridized carbons (Fsp3) is 0.714. The van der Waals surface area contributed by atoms with Gasteiger partial charge in [0.25, 0.3) is 0 Å². The van der Waals surface area contributed by atoms with Crippen molar-refractivity contribution in [1.29, 1.82) is 0 Å². The molecule has 3 nitrogen and oxygen atoms in total. The molecular formula is C14H24O3. The Kier molecular flexibility index (Phi) is 12.1. The van der Waals surface area contributed by atoms with Gasteiger partial charge in [0.1, 0.15) is 6.29 Å². The highest BCUT2D eigenvalue weighted by atomic mass is 16.5. The van der Waals surface area contributed by atoms with Crippen LogP contribution in [0.3, 0.4) is 0 Å². The first-order chi connectivity index (χ1) is 8.31. The molecule has 0 aromatic heterocycles. The van der Waals surface area contributed by atoms with E-state index < -0.39 is 0 Å². The smallest absolute Gasteiger partial charge is 0.330 e. The van der Waals surface area contributed by atoms with Crippen LogP contribution < -0.4 is 0 Å². The Morgan fingerprint density at radius 3 is 2.18 bits per heavy atom. The van der Waals surface area contributed by atoms with Gasteiger partial charge in [0, 0.05) is 12.5 Å². The molecule has 3 heteroatoms. The average molecular weight is 240 g/mol. The van der Waals surface area contributed by atoms with E-state index in [-0.39, 0.29) is 5.97 Å². The molecule has 0 rings (SSSR count). The molecule has 0 heterocycles. The summed E-state index contributed by atoms with van der Waals surface area (Å²) in [4.78, 5) is 21.0. The maximum Gasteiger partial charge on any atom is 0.330 e. The van der Waals surface area contributed by atoms with E-state index in [2.05, 4.69) is 0 Å². The van der Waals surface area contributed by atoms with Crippen LogP contribution in [0.5, 0.6) is 0 Å². The molecule has 0 amide bonds. The van der Waals surface area contributed by atoms with Crippen LogP contribution >= 0.6 is 0 Å². The minimum absolute atomic E-state index is 0.249. The molecule has 0 saturated carbocycles. The quantitative estimate of drug-likeness (QED) is 0.240. The van der Waals surface area contributed by atoms with Gasteiger partial charge < -0.3 is 9.53 Å². The molecule has 0 aliphatic rings. The van der Waals surface area contributed by atoms with Gasteiger partial charge in [-0.15, -0.1) is 0 Å². The third-order valence-electron chi connectivity index (χ3n) is 2.48. The number of ether oxygens (including phenoxy) is 1. The first kappa shape index (κ1) is 15.9. The number of esters is 1. The van der Waals surface area contributed by atoms with Crippen molar-refractivity contribution in [1.82, 2.24) is 0 Å². The lowest BCUT2D eigenvalue weighted by Gasteiger charge is -1.98. The predicted octanol–water partition coefficient (Wildman–Crippen LogP) is 3.43. The van der Waals surface area contributed by atoms with Crippen LogP contribution in [-0.2, 0) is 14.3 Å². The zero-order chi connectivity index (χ0) is 12.8. The van der Waals surface area contributed by atoms with Gasteiger partial charge in [0.2, 0.25) is 0 Å². The summed E-state index contributed by atoms with van der Waals surface area (Å²) in [5.41, 5.74) is 0. The average Bonchev–Trinajstić information content (AvgIpc) is 2.32. The number of hydrogen-bond donors (Lipinski definition) is 0. The van der Waals surface area contributed by atoms with Gasteiger partial charge in [-0.2, -0.15) is 0 Å². The summed E-state index contributed by atoms with van der Waals surface area (Å²) >= 11 is 0. The summed E-state index contributed by atoms with van der Waals surface area (Å²) in [5.74, 6) is -0.249. The summed E-state index contributed by atoms with van der Waals surface area (Å²) in [6, 6.07) is 0. The minimum Gasteiger partial charge on any atom is -0.463 e. The molecule has 0 aliphatic heterocycles. The molecule has 0 bridgehead atoms. The van der Waals surface area contributed by atoms with Crippen molar-refractivity contribution in [2.45, 2.75) is 58.3 Å². The Bertz CT molecular complexity index is 222. The first-order valence-electron chi connectivity index (χ1n) is 6.58. The number of allylic oxidation sites excluding steroid dienone is 1. The highest BCUT2D eigenvalue weighted by Gasteiger charge is 1.93. The van der Waals surface area contributed by atoms with E-state index in [0.717, 1.165) is 32.0 Å². The van der Waals surface area contributed by atoms with E-state index in [1.54, 1.807) is 6.92 Å². The van der Waals surface area contributed by atoms with E-state index in [9.17, 15) is 9.59 Å². The van der Waals surface area contributed by atoms with Crippen LogP contribution in [-0.4, -0.2) is 18.9 Å². The van der Waals surface area contributed by atoms with E-state index in [4.69, 9.17) is 4.74 Å². The fourth-order valence-electron chi connectivity index (χ4n) is 1.57. The zero-order valence-corrected chi connectivity index (χ0v) is 10.8. The summed E-state index contributed by atoms with van der Waals surface area (Å²) < 4.78 is 4.77. The number of aldehydes is 1. The summed E-state index contributed by atoms with van der Waals surface area (Å²) in [5, 5.41) is 0. The Morgan fingerprint density at radius 1 is 1.00 bits per heavy atom. The zero-order valence-electron chi connectivity index (χ0n) is 10.8. The third kappa shape index (κ3) is 12.8. The number of rotatable bonds is 11. The standard InChI is InChI=1S/C14H24O3/c1-2-17-14(16)12-10-8-6-4-3-5-7-9-11-13-15/h10,12-13H,2-9,11H2,1H3/b12-10+. The Labute approximate surface area is 104 Å². The lowest BCUT2D eigenvalue weighted by Crippen LogP contribution is -1.98. The molecule has 0 radical (unpaired) electrons. The highest BCUT2D eigenvalue weighted by molar-refractivity contribution is 5.81. The summed E-state index contributed by atoms with van der Waals surface area (Å²) in [7, 11) is 0. The lowest BCUT2D eigenvalue weighted by molar-refractivity contribution is -0.137. The largest absolute Gasteiger partial charge is 0.463 e. The Balaban J connectivity index is 3.17. The maximum absolute atomic E-state index is 10.9.